The molecule has 2 nitrogen and oxygen atoms in total. The Morgan fingerprint density at radius 1 is 0.655 bits per heavy atom. The van der Waals surface area contributed by atoms with E-state index in [1.54, 1.807) is 0 Å². The Kier molecular flexibility index (Phi) is 7.80. The molecule has 29 heavy (non-hydrogen) atoms. The van der Waals surface area contributed by atoms with Gasteiger partial charge in [0.2, 0.25) is 0 Å². The summed E-state index contributed by atoms with van der Waals surface area (Å²) in [5.74, 6) is 0.503. The van der Waals surface area contributed by atoms with Gasteiger partial charge in [0.15, 0.2) is 11.6 Å². The summed E-state index contributed by atoms with van der Waals surface area (Å²) < 4.78 is 0. The summed E-state index contributed by atoms with van der Waals surface area (Å²) in [6.07, 6.45) is 11.1. The molecule has 0 saturated heterocycles. The smallest absolute Gasteiger partial charge is 0.162 e. The molecule has 0 atom stereocenters. The normalized spacial score (nSPS) is 11.9. The first-order valence-electron chi connectivity index (χ1n) is 11.5. The number of Topliss-reactive ketones (excluding diaryl/α,β-unsaturated/α-hetero) is 2. The lowest BCUT2D eigenvalue weighted by molar-refractivity contribution is 0.0971. The third-order valence-corrected chi connectivity index (χ3v) is 6.04. The van der Waals surface area contributed by atoms with Gasteiger partial charge >= 0.3 is 0 Å². The van der Waals surface area contributed by atoms with E-state index in [2.05, 4.69) is 38.1 Å². The van der Waals surface area contributed by atoms with E-state index in [9.17, 15) is 9.59 Å². The third kappa shape index (κ3) is 5.44. The molecule has 0 aromatic heterocycles. The van der Waals surface area contributed by atoms with Crippen LogP contribution in [0.5, 0.6) is 0 Å². The van der Waals surface area contributed by atoms with E-state index in [1.807, 2.05) is 12.1 Å². The van der Waals surface area contributed by atoms with Crippen LogP contribution in [0.1, 0.15) is 110 Å². The molecule has 0 saturated carbocycles. The van der Waals surface area contributed by atoms with Gasteiger partial charge in [-0.05, 0) is 53.6 Å². The highest BCUT2D eigenvalue weighted by molar-refractivity contribution is 5.99. The highest BCUT2D eigenvalue weighted by atomic mass is 16.1. The minimum atomic E-state index is 0.246. The van der Waals surface area contributed by atoms with Gasteiger partial charge in [0.25, 0.3) is 0 Å². The van der Waals surface area contributed by atoms with E-state index >= 15 is 0 Å². The molecule has 2 heteroatoms. The van der Waals surface area contributed by atoms with Gasteiger partial charge in [-0.1, -0.05) is 76.6 Å². The van der Waals surface area contributed by atoms with Crippen molar-refractivity contribution >= 4 is 11.6 Å². The number of ketones is 2. The van der Waals surface area contributed by atoms with Gasteiger partial charge in [0, 0.05) is 24.0 Å². The van der Waals surface area contributed by atoms with E-state index in [-0.39, 0.29) is 11.6 Å². The van der Waals surface area contributed by atoms with Crippen molar-refractivity contribution in [2.75, 3.05) is 0 Å². The van der Waals surface area contributed by atoms with Crippen LogP contribution in [0, 0.1) is 0 Å². The zero-order valence-electron chi connectivity index (χ0n) is 18.1. The van der Waals surface area contributed by atoms with Crippen molar-refractivity contribution in [3.8, 4) is 11.1 Å². The lowest BCUT2D eigenvalue weighted by atomic mass is 9.98. The first kappa shape index (κ1) is 21.5. The van der Waals surface area contributed by atoms with E-state index in [1.165, 1.54) is 41.5 Å². The van der Waals surface area contributed by atoms with E-state index in [4.69, 9.17) is 0 Å². The number of carbonyl (C=O) groups is 2. The fourth-order valence-corrected chi connectivity index (χ4v) is 4.27. The van der Waals surface area contributed by atoms with Crippen molar-refractivity contribution < 1.29 is 9.59 Å². The molecular weight excluding hydrogens is 356 g/mol. The van der Waals surface area contributed by atoms with Gasteiger partial charge in [0.05, 0.1) is 0 Å². The second kappa shape index (κ2) is 10.5. The molecule has 0 N–H and O–H groups in total. The molecule has 0 bridgehead atoms. The number of carbonyl (C=O) groups excluding carboxylic acids is 2. The van der Waals surface area contributed by atoms with Crippen molar-refractivity contribution in [3.05, 3.63) is 58.7 Å². The summed E-state index contributed by atoms with van der Waals surface area (Å²) in [5, 5.41) is 0. The highest BCUT2D eigenvalue weighted by Crippen LogP contribution is 2.38. The van der Waals surface area contributed by atoms with Crippen LogP contribution >= 0.6 is 0 Å². The first-order chi connectivity index (χ1) is 14.1. The maximum Gasteiger partial charge on any atom is 0.162 e. The van der Waals surface area contributed by atoms with Crippen LogP contribution in [0.4, 0.5) is 0 Å². The van der Waals surface area contributed by atoms with Crippen molar-refractivity contribution in [2.24, 2.45) is 0 Å². The minimum Gasteiger partial charge on any atom is -0.294 e. The molecule has 0 heterocycles. The molecule has 154 valence electrons. The lowest BCUT2D eigenvalue weighted by Gasteiger charge is -2.06. The highest BCUT2D eigenvalue weighted by Gasteiger charge is 2.21. The Morgan fingerprint density at radius 2 is 1.10 bits per heavy atom. The van der Waals surface area contributed by atoms with Crippen molar-refractivity contribution in [3.63, 3.8) is 0 Å². The van der Waals surface area contributed by atoms with Crippen LogP contribution in [0.3, 0.4) is 0 Å². The van der Waals surface area contributed by atoms with Gasteiger partial charge in [-0.15, -0.1) is 0 Å². The summed E-state index contributed by atoms with van der Waals surface area (Å²) in [6, 6.07) is 12.3. The second-order valence-electron chi connectivity index (χ2n) is 8.39. The van der Waals surface area contributed by atoms with Crippen molar-refractivity contribution in [2.45, 2.75) is 84.5 Å². The minimum absolute atomic E-state index is 0.246. The van der Waals surface area contributed by atoms with Crippen molar-refractivity contribution in [1.82, 2.24) is 0 Å². The summed E-state index contributed by atoms with van der Waals surface area (Å²) >= 11 is 0. The largest absolute Gasteiger partial charge is 0.294 e. The van der Waals surface area contributed by atoms with Gasteiger partial charge in [-0.25, -0.2) is 0 Å². The first-order valence-corrected chi connectivity index (χ1v) is 11.5. The molecular formula is C27H34O2. The Bertz CT molecular complexity index is 863. The maximum absolute atomic E-state index is 12.6. The molecule has 0 amide bonds. The van der Waals surface area contributed by atoms with Crippen LogP contribution in [0.25, 0.3) is 11.1 Å². The number of rotatable bonds is 12. The SMILES string of the molecule is CCCCCCCC(=O)c1ccc2c(c1)Cc1cc(C(=O)CCCCC)ccc1-2. The number of unbranched alkanes of at least 4 members (excludes halogenated alkanes) is 6. The fourth-order valence-electron chi connectivity index (χ4n) is 4.27. The Hall–Kier alpha value is -2.22. The Balaban J connectivity index is 1.64. The zero-order chi connectivity index (χ0) is 20.6. The van der Waals surface area contributed by atoms with E-state index in [0.29, 0.717) is 12.8 Å². The predicted molar refractivity (Wildman–Crippen MR) is 121 cm³/mol. The Morgan fingerprint density at radius 3 is 1.62 bits per heavy atom. The topological polar surface area (TPSA) is 34.1 Å². The average molecular weight is 391 g/mol. The zero-order valence-corrected chi connectivity index (χ0v) is 18.1. The van der Waals surface area contributed by atoms with Gasteiger partial charge in [0.1, 0.15) is 0 Å². The van der Waals surface area contributed by atoms with Crippen LogP contribution in [0.15, 0.2) is 36.4 Å². The van der Waals surface area contributed by atoms with Gasteiger partial charge in [-0.2, -0.15) is 0 Å². The molecule has 0 aliphatic heterocycles. The van der Waals surface area contributed by atoms with E-state index in [0.717, 1.165) is 49.7 Å². The predicted octanol–water partition coefficient (Wildman–Crippen LogP) is 7.56. The number of fused-ring (bicyclic) bond motifs is 3. The van der Waals surface area contributed by atoms with Crippen LogP contribution in [-0.4, -0.2) is 11.6 Å². The van der Waals surface area contributed by atoms with Crippen LogP contribution in [-0.2, 0) is 6.42 Å². The summed E-state index contributed by atoms with van der Waals surface area (Å²) in [4.78, 5) is 25.0. The standard InChI is InChI=1S/C27H34O2/c1-3-5-7-8-10-12-27(29)21-14-16-25-23(18-21)19-22-17-20(13-15-24(22)25)26(28)11-9-6-4-2/h13-18H,3-12,19H2,1-2H3. The number of benzene rings is 2. The monoisotopic (exact) mass is 390 g/mol. The molecule has 0 radical (unpaired) electrons. The van der Waals surface area contributed by atoms with Crippen LogP contribution < -0.4 is 0 Å². The summed E-state index contributed by atoms with van der Waals surface area (Å²) in [6.45, 7) is 4.36. The lowest BCUT2D eigenvalue weighted by Crippen LogP contribution is -2.00. The second-order valence-corrected chi connectivity index (χ2v) is 8.39. The Labute approximate surface area is 175 Å². The summed E-state index contributed by atoms with van der Waals surface area (Å²) in [7, 11) is 0. The molecule has 1 aliphatic carbocycles. The fraction of sp³-hybridized carbons (Fsp3) is 0.481. The van der Waals surface area contributed by atoms with Crippen LogP contribution in [0.2, 0.25) is 0 Å². The molecule has 0 unspecified atom stereocenters. The maximum atomic E-state index is 12.6. The van der Waals surface area contributed by atoms with Crippen molar-refractivity contribution in [1.29, 1.82) is 0 Å². The van der Waals surface area contributed by atoms with Gasteiger partial charge < -0.3 is 0 Å². The molecule has 1 aliphatic rings. The average Bonchev–Trinajstić information content (AvgIpc) is 3.10. The quantitative estimate of drug-likeness (QED) is 0.236. The molecule has 2 aromatic carbocycles. The van der Waals surface area contributed by atoms with E-state index < -0.39 is 0 Å². The number of hydrogen-bond acceptors (Lipinski definition) is 2. The summed E-state index contributed by atoms with van der Waals surface area (Å²) in [5.41, 5.74) is 6.52. The van der Waals surface area contributed by atoms with Gasteiger partial charge in [-0.3, -0.25) is 9.59 Å². The number of hydrogen-bond donors (Lipinski definition) is 0. The molecule has 0 spiro atoms. The molecule has 2 aromatic rings. The third-order valence-electron chi connectivity index (χ3n) is 6.04. The molecule has 0 fully saturated rings. The molecule has 3 rings (SSSR count).